The van der Waals surface area contributed by atoms with Crippen molar-refractivity contribution >= 4 is 54.2 Å². The number of imidazole rings is 1. The normalized spacial score (nSPS) is 14.6. The fourth-order valence-corrected chi connectivity index (χ4v) is 8.08. The zero-order chi connectivity index (χ0) is 33.1. The van der Waals surface area contributed by atoms with Crippen LogP contribution in [0.4, 0.5) is 0 Å². The number of nitrogens with one attached hydrogen (secondary N) is 1. The number of benzene rings is 6. The molecule has 0 saturated heterocycles. The van der Waals surface area contributed by atoms with Crippen LogP contribution < -0.4 is 11.0 Å². The van der Waals surface area contributed by atoms with E-state index in [-0.39, 0.29) is 11.9 Å². The van der Waals surface area contributed by atoms with Crippen LogP contribution in [-0.2, 0) is 14.1 Å². The highest BCUT2D eigenvalue weighted by molar-refractivity contribution is 7.26. The number of hydrogen-bond donors (Lipinski definition) is 1. The molecule has 0 fully saturated rings. The Morgan fingerprint density at radius 2 is 1.29 bits per heavy atom. The predicted octanol–water partition coefficient (Wildman–Crippen LogP) is 9.07. The molecular weight excluding hydrogens is 623 g/mol. The first-order chi connectivity index (χ1) is 24.0. The molecule has 1 aliphatic heterocycles. The first-order valence-corrected chi connectivity index (χ1v) is 17.1. The van der Waals surface area contributed by atoms with Gasteiger partial charge in [-0.3, -0.25) is 9.13 Å². The molecule has 0 bridgehead atoms. The molecule has 0 aliphatic carbocycles. The molecule has 236 valence electrons. The number of amidine groups is 2. The van der Waals surface area contributed by atoms with E-state index >= 15 is 0 Å². The Kier molecular flexibility index (Phi) is 6.88. The third-order valence-electron chi connectivity index (χ3n) is 9.46. The Hall–Kier alpha value is -6.05. The summed E-state index contributed by atoms with van der Waals surface area (Å²) in [6.45, 7) is 0. The van der Waals surface area contributed by atoms with Gasteiger partial charge in [0, 0.05) is 45.4 Å². The Labute approximate surface area is 287 Å². The third-order valence-corrected chi connectivity index (χ3v) is 10.7. The molecule has 1 unspecified atom stereocenters. The molecule has 1 N–H and O–H groups in total. The van der Waals surface area contributed by atoms with E-state index in [0.29, 0.717) is 5.84 Å². The minimum absolute atomic E-state index is 0.0365. The van der Waals surface area contributed by atoms with Crippen LogP contribution in [0.5, 0.6) is 0 Å². The van der Waals surface area contributed by atoms with Gasteiger partial charge in [0.05, 0.1) is 11.0 Å². The summed E-state index contributed by atoms with van der Waals surface area (Å²) in [5, 5.41) is 6.19. The molecule has 0 saturated carbocycles. The van der Waals surface area contributed by atoms with Gasteiger partial charge in [0.25, 0.3) is 0 Å². The minimum atomic E-state index is -0.297. The summed E-state index contributed by atoms with van der Waals surface area (Å²) in [6.07, 6.45) is -0.297. The standard InChI is InChI=1S/C42H31N5OS/c1-46-35-23-22-30(25-36(35)47(2)42(46)48)29-12-8-13-31(24-29)41-44-39(27-10-4-3-5-11-27)43-40(45-41)28-20-18-26(19-21-28)32-15-9-16-34-33-14-6-7-17-37(33)49-38(32)34/h3-25,39H,1-2H3,(H,43,44,45). The molecule has 9 rings (SSSR count). The van der Waals surface area contributed by atoms with Gasteiger partial charge in [0.15, 0.2) is 5.84 Å². The summed E-state index contributed by atoms with van der Waals surface area (Å²) < 4.78 is 5.97. The smallest absolute Gasteiger partial charge is 0.328 e. The molecule has 49 heavy (non-hydrogen) atoms. The van der Waals surface area contributed by atoms with Gasteiger partial charge in [-0.05, 0) is 52.1 Å². The van der Waals surface area contributed by atoms with E-state index in [2.05, 4.69) is 121 Å². The van der Waals surface area contributed by atoms with E-state index in [1.165, 1.54) is 31.3 Å². The largest absolute Gasteiger partial charge is 0.344 e. The second-order valence-corrected chi connectivity index (χ2v) is 13.5. The molecule has 1 atom stereocenters. The summed E-state index contributed by atoms with van der Waals surface area (Å²) >= 11 is 1.84. The summed E-state index contributed by atoms with van der Waals surface area (Å²) in [5.41, 5.74) is 9.22. The van der Waals surface area contributed by atoms with Crippen LogP contribution in [0.3, 0.4) is 0 Å². The van der Waals surface area contributed by atoms with Crippen molar-refractivity contribution in [3.05, 3.63) is 167 Å². The molecule has 0 radical (unpaired) electrons. The van der Waals surface area contributed by atoms with Crippen molar-refractivity contribution in [1.82, 2.24) is 14.5 Å². The number of aryl methyl sites for hydroxylation is 2. The summed E-state index contributed by atoms with van der Waals surface area (Å²) in [6, 6.07) is 48.6. The monoisotopic (exact) mass is 653 g/mol. The Morgan fingerprint density at radius 1 is 0.612 bits per heavy atom. The maximum atomic E-state index is 12.6. The Bertz CT molecular complexity index is 2680. The number of nitrogens with zero attached hydrogens (tertiary/aromatic N) is 4. The van der Waals surface area contributed by atoms with Crippen molar-refractivity contribution in [2.24, 2.45) is 24.1 Å². The number of fused-ring (bicyclic) bond motifs is 4. The predicted molar refractivity (Wildman–Crippen MR) is 204 cm³/mol. The molecule has 7 heteroatoms. The van der Waals surface area contributed by atoms with Gasteiger partial charge < -0.3 is 5.32 Å². The molecule has 2 aromatic heterocycles. The van der Waals surface area contributed by atoms with Crippen LogP contribution in [-0.4, -0.2) is 20.8 Å². The maximum Gasteiger partial charge on any atom is 0.328 e. The van der Waals surface area contributed by atoms with Crippen LogP contribution in [0.25, 0.3) is 53.5 Å². The number of aliphatic imine (C=N–C) groups is 2. The van der Waals surface area contributed by atoms with E-state index in [4.69, 9.17) is 9.98 Å². The zero-order valence-corrected chi connectivity index (χ0v) is 27.8. The molecule has 0 spiro atoms. The number of aromatic nitrogens is 2. The van der Waals surface area contributed by atoms with Gasteiger partial charge in [0.2, 0.25) is 0 Å². The van der Waals surface area contributed by atoms with Crippen LogP contribution in [0.2, 0.25) is 0 Å². The lowest BCUT2D eigenvalue weighted by molar-refractivity contribution is 0.674. The average Bonchev–Trinajstić information content (AvgIpc) is 3.65. The van der Waals surface area contributed by atoms with Gasteiger partial charge in [-0.15, -0.1) is 11.3 Å². The average molecular weight is 654 g/mol. The van der Waals surface area contributed by atoms with Crippen LogP contribution in [0.1, 0.15) is 22.9 Å². The second kappa shape index (κ2) is 11.6. The van der Waals surface area contributed by atoms with Crippen LogP contribution in [0, 0.1) is 0 Å². The molecule has 6 aromatic carbocycles. The van der Waals surface area contributed by atoms with Crippen molar-refractivity contribution in [3.8, 4) is 22.3 Å². The van der Waals surface area contributed by atoms with Crippen LogP contribution >= 0.6 is 11.3 Å². The maximum absolute atomic E-state index is 12.6. The molecule has 1 aliphatic rings. The van der Waals surface area contributed by atoms with Gasteiger partial charge in [-0.25, -0.2) is 14.8 Å². The van der Waals surface area contributed by atoms with Gasteiger partial charge in [-0.1, -0.05) is 115 Å². The van der Waals surface area contributed by atoms with Crippen molar-refractivity contribution < 1.29 is 0 Å². The van der Waals surface area contributed by atoms with E-state index in [9.17, 15) is 4.79 Å². The number of thiophene rings is 1. The van der Waals surface area contributed by atoms with E-state index in [0.717, 1.165) is 44.7 Å². The Balaban J connectivity index is 1.10. The summed E-state index contributed by atoms with van der Waals surface area (Å²) in [4.78, 5) is 22.8. The number of rotatable bonds is 5. The fraction of sp³-hybridized carbons (Fsp3) is 0.0714. The Morgan fingerprint density at radius 3 is 2.14 bits per heavy atom. The lowest BCUT2D eigenvalue weighted by Crippen LogP contribution is -2.33. The highest BCUT2D eigenvalue weighted by atomic mass is 32.1. The first kappa shape index (κ1) is 29.1. The third kappa shape index (κ3) is 4.98. The van der Waals surface area contributed by atoms with Gasteiger partial charge in [-0.2, -0.15) is 0 Å². The molecular formula is C42H31N5OS. The van der Waals surface area contributed by atoms with Crippen LogP contribution in [0.15, 0.2) is 154 Å². The quantitative estimate of drug-likeness (QED) is 0.201. The minimum Gasteiger partial charge on any atom is -0.344 e. The van der Waals surface area contributed by atoms with Gasteiger partial charge in [0.1, 0.15) is 12.0 Å². The fourth-order valence-electron chi connectivity index (χ4n) is 6.84. The van der Waals surface area contributed by atoms with Crippen molar-refractivity contribution in [2.75, 3.05) is 0 Å². The van der Waals surface area contributed by atoms with Crippen molar-refractivity contribution in [3.63, 3.8) is 0 Å². The SMILES string of the molecule is Cn1c(=O)n(C)c2cc(-c3cccc(C4=NC(c5ccc(-c6cccc7c6sc6ccccc67)cc5)=NC(c5ccccc5)N4)c3)ccc21. The van der Waals surface area contributed by atoms with Crippen molar-refractivity contribution in [2.45, 2.75) is 6.17 Å². The van der Waals surface area contributed by atoms with Crippen molar-refractivity contribution in [1.29, 1.82) is 0 Å². The second-order valence-electron chi connectivity index (χ2n) is 12.4. The molecule has 8 aromatic rings. The number of hydrogen-bond acceptors (Lipinski definition) is 5. The van der Waals surface area contributed by atoms with E-state index in [1.807, 2.05) is 42.6 Å². The lowest BCUT2D eigenvalue weighted by Gasteiger charge is -2.24. The lowest BCUT2D eigenvalue weighted by atomic mass is 10.0. The topological polar surface area (TPSA) is 63.7 Å². The van der Waals surface area contributed by atoms with E-state index in [1.54, 1.807) is 16.2 Å². The van der Waals surface area contributed by atoms with E-state index < -0.39 is 0 Å². The van der Waals surface area contributed by atoms with Gasteiger partial charge >= 0.3 is 5.69 Å². The summed E-state index contributed by atoms with van der Waals surface area (Å²) in [7, 11) is 3.62. The molecule has 3 heterocycles. The molecule has 6 nitrogen and oxygen atoms in total. The summed E-state index contributed by atoms with van der Waals surface area (Å²) in [5.74, 6) is 1.44. The molecule has 0 amide bonds. The first-order valence-electron chi connectivity index (χ1n) is 16.3. The highest BCUT2D eigenvalue weighted by Gasteiger charge is 2.22. The highest BCUT2D eigenvalue weighted by Crippen LogP contribution is 2.40. The zero-order valence-electron chi connectivity index (χ0n) is 27.0.